The Morgan fingerprint density at radius 1 is 0.939 bits per heavy atom. The fourth-order valence-electron chi connectivity index (χ4n) is 2.87. The van der Waals surface area contributed by atoms with Gasteiger partial charge in [-0.25, -0.2) is 9.97 Å². The fraction of sp³-hybridized carbons (Fsp3) is 0.0455. The van der Waals surface area contributed by atoms with Crippen molar-refractivity contribution in [3.8, 4) is 0 Å². The van der Waals surface area contributed by atoms with E-state index < -0.39 is 0 Å². The predicted octanol–water partition coefficient (Wildman–Crippen LogP) is 9.00. The van der Waals surface area contributed by atoms with E-state index in [1.165, 1.54) is 9.60 Å². The van der Waals surface area contributed by atoms with Crippen LogP contribution >= 0.6 is 82.6 Å². The lowest BCUT2D eigenvalue weighted by molar-refractivity contribution is 1.14. The number of fused-ring (bicyclic) bond motifs is 1. The maximum atomic E-state index is 6.43. The summed E-state index contributed by atoms with van der Waals surface area (Å²) in [6.07, 6.45) is 3.74. The lowest BCUT2D eigenvalue weighted by Crippen LogP contribution is -1.96. The van der Waals surface area contributed by atoms with E-state index in [1.54, 1.807) is 46.2 Å². The second kappa shape index (κ2) is 11.8. The Kier molecular flexibility index (Phi) is 9.29. The van der Waals surface area contributed by atoms with Crippen LogP contribution in [0.5, 0.6) is 0 Å². The average Bonchev–Trinajstić information content (AvgIpc) is 3.41. The van der Waals surface area contributed by atoms with Gasteiger partial charge >= 0.3 is 0 Å². The largest absolute Gasteiger partial charge is 0.315 e. The monoisotopic (exact) mass is 570 g/mol. The number of hydrogen-bond acceptors (Lipinski definition) is 8. The van der Waals surface area contributed by atoms with Crippen LogP contribution in [0.1, 0.15) is 5.69 Å². The third-order valence-electron chi connectivity index (χ3n) is 4.26. The first-order valence-electron chi connectivity index (χ1n) is 9.27. The average molecular weight is 572 g/mol. The Morgan fingerprint density at radius 2 is 1.79 bits per heavy atom. The van der Waals surface area contributed by atoms with E-state index in [4.69, 9.17) is 16.6 Å². The molecule has 5 aromatic rings. The van der Waals surface area contributed by atoms with E-state index in [0.717, 1.165) is 41.9 Å². The van der Waals surface area contributed by atoms with Crippen LogP contribution in [0.4, 0.5) is 10.9 Å². The van der Waals surface area contributed by atoms with Crippen molar-refractivity contribution in [1.82, 2.24) is 15.0 Å². The van der Waals surface area contributed by atoms with Crippen LogP contribution in [0.15, 0.2) is 85.2 Å². The lowest BCUT2D eigenvalue weighted by Gasteiger charge is -2.12. The van der Waals surface area contributed by atoms with Gasteiger partial charge in [0, 0.05) is 32.5 Å². The number of pyridine rings is 2. The number of anilines is 2. The summed E-state index contributed by atoms with van der Waals surface area (Å²) in [5.74, 6) is 0.764. The third kappa shape index (κ3) is 6.14. The van der Waals surface area contributed by atoms with Crippen LogP contribution in [0.25, 0.3) is 10.2 Å². The zero-order valence-electron chi connectivity index (χ0n) is 17.0. The van der Waals surface area contributed by atoms with Crippen LogP contribution < -0.4 is 5.32 Å². The van der Waals surface area contributed by atoms with Crippen LogP contribution in [-0.4, -0.2) is 15.0 Å². The molecule has 33 heavy (non-hydrogen) atoms. The summed E-state index contributed by atoms with van der Waals surface area (Å²) >= 11 is 13.0. The van der Waals surface area contributed by atoms with E-state index in [-0.39, 0.29) is 24.8 Å². The minimum Gasteiger partial charge on any atom is -0.315 e. The lowest BCUT2D eigenvalue weighted by atomic mass is 10.4. The molecule has 0 fully saturated rings. The summed E-state index contributed by atoms with van der Waals surface area (Å²) in [5.41, 5.74) is 2.00. The van der Waals surface area contributed by atoms with Gasteiger partial charge in [0.15, 0.2) is 5.13 Å². The summed E-state index contributed by atoms with van der Waals surface area (Å²) in [7, 11) is 0. The van der Waals surface area contributed by atoms with Gasteiger partial charge in [0.1, 0.15) is 5.82 Å². The molecule has 0 bridgehead atoms. The van der Waals surface area contributed by atoms with Crippen LogP contribution in [0, 0.1) is 6.92 Å². The second-order valence-corrected chi connectivity index (χ2v) is 10.9. The number of hydrogen-bond donors (Lipinski definition) is 1. The number of rotatable bonds is 6. The molecule has 4 aromatic heterocycles. The molecule has 0 saturated carbocycles. The first-order chi connectivity index (χ1) is 15.2. The van der Waals surface area contributed by atoms with Crippen molar-refractivity contribution >= 4 is 104 Å². The molecular weight excluding hydrogens is 555 g/mol. The molecule has 0 atom stereocenters. The summed E-state index contributed by atoms with van der Waals surface area (Å²) in [6.45, 7) is 1.98. The first-order valence-corrected chi connectivity index (χ1v) is 13.0. The third-order valence-corrected chi connectivity index (χ3v) is 8.77. The molecule has 4 nitrogen and oxygen atoms in total. The quantitative estimate of drug-likeness (QED) is 0.219. The SMILES string of the molecule is Cc1csc(Nc2ncc(Sc3ccnc4ccsc34)cc2Sc2ccccc2Cl)n1.Cl.Cl. The highest BCUT2D eigenvalue weighted by Crippen LogP contribution is 2.41. The number of aryl methyl sites for hydroxylation is 1. The Balaban J connectivity index is 0.00000153. The van der Waals surface area contributed by atoms with E-state index >= 15 is 0 Å². The maximum Gasteiger partial charge on any atom is 0.188 e. The number of thiophene rings is 1. The van der Waals surface area contributed by atoms with Gasteiger partial charge in [-0.15, -0.1) is 47.5 Å². The van der Waals surface area contributed by atoms with Gasteiger partial charge in [0.25, 0.3) is 0 Å². The van der Waals surface area contributed by atoms with Crippen LogP contribution in [0.2, 0.25) is 5.02 Å². The van der Waals surface area contributed by atoms with Crippen LogP contribution in [0.3, 0.4) is 0 Å². The van der Waals surface area contributed by atoms with Crippen molar-refractivity contribution in [2.24, 2.45) is 0 Å². The molecule has 0 amide bonds. The number of nitrogens with zero attached hydrogens (tertiary/aromatic N) is 3. The molecule has 170 valence electrons. The van der Waals surface area contributed by atoms with Crippen molar-refractivity contribution in [2.75, 3.05) is 5.32 Å². The minimum absolute atomic E-state index is 0. The summed E-state index contributed by atoms with van der Waals surface area (Å²) in [5, 5.41) is 8.99. The first kappa shape index (κ1) is 26.1. The summed E-state index contributed by atoms with van der Waals surface area (Å²) < 4.78 is 1.19. The number of halogens is 3. The van der Waals surface area contributed by atoms with E-state index in [0.29, 0.717) is 0 Å². The molecule has 1 N–H and O–H groups in total. The fourth-order valence-corrected chi connectivity index (χ4v) is 6.71. The van der Waals surface area contributed by atoms with Gasteiger partial charge in [-0.3, -0.25) is 4.98 Å². The summed E-state index contributed by atoms with van der Waals surface area (Å²) in [6, 6.07) is 14.1. The number of thiazole rings is 1. The molecule has 0 spiro atoms. The van der Waals surface area contributed by atoms with Gasteiger partial charge in [0.05, 0.1) is 25.8 Å². The number of nitrogens with one attached hydrogen (secondary N) is 1. The van der Waals surface area contributed by atoms with E-state index in [2.05, 4.69) is 32.8 Å². The molecule has 11 heteroatoms. The van der Waals surface area contributed by atoms with E-state index in [1.807, 2.05) is 55.0 Å². The van der Waals surface area contributed by atoms with Crippen molar-refractivity contribution < 1.29 is 0 Å². The number of benzene rings is 1. The minimum atomic E-state index is 0. The predicted molar refractivity (Wildman–Crippen MR) is 148 cm³/mol. The normalized spacial score (nSPS) is 10.5. The molecule has 0 aliphatic heterocycles. The Bertz CT molecular complexity index is 1370. The molecular formula is C22H17Cl3N4S4. The van der Waals surface area contributed by atoms with Crippen LogP contribution in [-0.2, 0) is 0 Å². The molecule has 0 unspecified atom stereocenters. The van der Waals surface area contributed by atoms with Gasteiger partial charge in [0.2, 0.25) is 0 Å². The number of aromatic nitrogens is 3. The van der Waals surface area contributed by atoms with Gasteiger partial charge in [-0.1, -0.05) is 47.3 Å². The summed E-state index contributed by atoms with van der Waals surface area (Å²) in [4.78, 5) is 17.9. The molecule has 5 rings (SSSR count). The van der Waals surface area contributed by atoms with Crippen molar-refractivity contribution in [3.05, 3.63) is 76.3 Å². The smallest absolute Gasteiger partial charge is 0.188 e. The van der Waals surface area contributed by atoms with Crippen molar-refractivity contribution in [1.29, 1.82) is 0 Å². The maximum absolute atomic E-state index is 6.43. The highest BCUT2D eigenvalue weighted by Gasteiger charge is 2.13. The van der Waals surface area contributed by atoms with Gasteiger partial charge < -0.3 is 5.32 Å². The molecule has 0 aliphatic carbocycles. The highest BCUT2D eigenvalue weighted by atomic mass is 35.5. The molecule has 0 aliphatic rings. The zero-order chi connectivity index (χ0) is 21.2. The van der Waals surface area contributed by atoms with Gasteiger partial charge in [-0.2, -0.15) is 0 Å². The molecule has 4 heterocycles. The van der Waals surface area contributed by atoms with Crippen molar-refractivity contribution in [3.63, 3.8) is 0 Å². The van der Waals surface area contributed by atoms with Crippen molar-refractivity contribution in [2.45, 2.75) is 26.5 Å². The Morgan fingerprint density at radius 3 is 2.58 bits per heavy atom. The second-order valence-electron chi connectivity index (χ2n) is 6.52. The molecule has 0 saturated heterocycles. The van der Waals surface area contributed by atoms with E-state index in [9.17, 15) is 0 Å². The Hall–Kier alpha value is -1.52. The highest BCUT2D eigenvalue weighted by molar-refractivity contribution is 8.00. The molecule has 1 aromatic carbocycles. The standard InChI is InChI=1S/C22H15ClN4S4.2ClH/c1-13-12-29-22(26-13)27-21-19(31-17-5-3-2-4-15(17)23)10-14(11-25-21)30-18-6-8-24-16-7-9-28-20(16)18;;/h2-12H,1H3,(H,25,26,27);2*1H. The zero-order valence-corrected chi connectivity index (χ0v) is 22.7. The van der Waals surface area contributed by atoms with Gasteiger partial charge in [-0.05, 0) is 42.6 Å². The molecule has 0 radical (unpaired) electrons. The topological polar surface area (TPSA) is 50.7 Å². The Labute approximate surface area is 225 Å².